The molecule has 2 aromatic rings. The topological polar surface area (TPSA) is 37.3 Å². The van der Waals surface area contributed by atoms with Gasteiger partial charge >= 0.3 is 0 Å². The highest BCUT2D eigenvalue weighted by Crippen LogP contribution is 2.08. The minimum absolute atomic E-state index is 0. The second-order valence-electron chi connectivity index (χ2n) is 3.52. The van der Waals surface area contributed by atoms with Gasteiger partial charge in [0.2, 0.25) is 0 Å². The molecule has 0 aliphatic heterocycles. The molecular weight excluding hydrogens is 234 g/mol. The third-order valence-electron chi connectivity index (χ3n) is 2.16. The Balaban J connectivity index is 0.00000144. The zero-order valence-corrected chi connectivity index (χ0v) is 10.3. The summed E-state index contributed by atoms with van der Waals surface area (Å²) in [6.45, 7) is 2.06. The minimum atomic E-state index is 0. The first kappa shape index (κ1) is 13.2. The van der Waals surface area contributed by atoms with E-state index in [1.807, 2.05) is 36.4 Å². The van der Waals surface area contributed by atoms with Crippen LogP contribution in [0.5, 0.6) is 0 Å². The van der Waals surface area contributed by atoms with Crippen LogP contribution in [0.2, 0.25) is 0 Å². The number of nitrogens with one attached hydrogen (secondary N) is 1. The largest absolute Gasteiger partial charge is 0.279 e. The molecule has 0 atom stereocenters. The Hall–Kier alpha value is -1.87. The Morgan fingerprint density at radius 3 is 2.35 bits per heavy atom. The van der Waals surface area contributed by atoms with Crippen molar-refractivity contribution in [2.75, 3.05) is 5.43 Å². The van der Waals surface area contributed by atoms with Crippen LogP contribution in [0.3, 0.4) is 0 Å². The average Bonchev–Trinajstić information content (AvgIpc) is 2.33. The molecule has 1 aromatic heterocycles. The predicted molar refractivity (Wildman–Crippen MR) is 73.9 cm³/mol. The number of hydrogen-bond acceptors (Lipinski definition) is 3. The Morgan fingerprint density at radius 1 is 1.06 bits per heavy atom. The van der Waals surface area contributed by atoms with E-state index in [-0.39, 0.29) is 12.4 Å². The van der Waals surface area contributed by atoms with Gasteiger partial charge in [-0.05, 0) is 36.8 Å². The first-order valence-corrected chi connectivity index (χ1v) is 5.10. The zero-order chi connectivity index (χ0) is 11.2. The van der Waals surface area contributed by atoms with Crippen LogP contribution in [0.1, 0.15) is 11.1 Å². The van der Waals surface area contributed by atoms with Crippen molar-refractivity contribution in [2.45, 2.75) is 6.92 Å². The minimum Gasteiger partial charge on any atom is -0.279 e. The molecule has 1 N–H and O–H groups in total. The van der Waals surface area contributed by atoms with E-state index < -0.39 is 0 Å². The molecule has 0 bridgehead atoms. The van der Waals surface area contributed by atoms with Crippen molar-refractivity contribution in [3.05, 3.63) is 59.9 Å². The molecule has 3 nitrogen and oxygen atoms in total. The van der Waals surface area contributed by atoms with Gasteiger partial charge in [-0.2, -0.15) is 5.10 Å². The molecule has 88 valence electrons. The average molecular weight is 248 g/mol. The summed E-state index contributed by atoms with van der Waals surface area (Å²) < 4.78 is 0. The van der Waals surface area contributed by atoms with Crippen LogP contribution in [0.4, 0.5) is 5.69 Å². The molecule has 4 heteroatoms. The number of rotatable bonds is 3. The summed E-state index contributed by atoms with van der Waals surface area (Å²) in [5.41, 5.74) is 6.21. The molecule has 2 rings (SSSR count). The molecule has 0 aliphatic rings. The van der Waals surface area contributed by atoms with E-state index >= 15 is 0 Å². The van der Waals surface area contributed by atoms with E-state index in [9.17, 15) is 0 Å². The van der Waals surface area contributed by atoms with Gasteiger partial charge in [0.1, 0.15) is 0 Å². The maximum absolute atomic E-state index is 4.14. The molecule has 0 saturated carbocycles. The normalized spacial score (nSPS) is 9.94. The van der Waals surface area contributed by atoms with Gasteiger partial charge in [-0.15, -0.1) is 12.4 Å². The number of hydrazone groups is 1. The number of aromatic nitrogens is 1. The molecule has 1 heterocycles. The lowest BCUT2D eigenvalue weighted by Gasteiger charge is -1.99. The van der Waals surface area contributed by atoms with Gasteiger partial charge in [0, 0.05) is 12.4 Å². The Kier molecular flexibility index (Phi) is 5.17. The highest BCUT2D eigenvalue weighted by Gasteiger charge is 1.88. The number of halogens is 1. The quantitative estimate of drug-likeness (QED) is 0.668. The SMILES string of the molecule is Cc1ccc(N/N=C/c2ccncc2)cc1.Cl. The summed E-state index contributed by atoms with van der Waals surface area (Å²) >= 11 is 0. The lowest BCUT2D eigenvalue weighted by molar-refractivity contribution is 1.31. The van der Waals surface area contributed by atoms with E-state index in [0.29, 0.717) is 0 Å². The maximum Gasteiger partial charge on any atom is 0.0561 e. The summed E-state index contributed by atoms with van der Waals surface area (Å²) in [4.78, 5) is 3.94. The van der Waals surface area contributed by atoms with Crippen LogP contribution in [0.15, 0.2) is 53.9 Å². The summed E-state index contributed by atoms with van der Waals surface area (Å²) in [6, 6.07) is 11.9. The van der Waals surface area contributed by atoms with E-state index in [4.69, 9.17) is 0 Å². The van der Waals surface area contributed by atoms with Gasteiger partial charge in [0.15, 0.2) is 0 Å². The van der Waals surface area contributed by atoms with Crippen LogP contribution < -0.4 is 5.43 Å². The van der Waals surface area contributed by atoms with Crippen LogP contribution in [0, 0.1) is 6.92 Å². The third kappa shape index (κ3) is 4.25. The fourth-order valence-corrected chi connectivity index (χ4v) is 1.26. The lowest BCUT2D eigenvalue weighted by atomic mass is 10.2. The lowest BCUT2D eigenvalue weighted by Crippen LogP contribution is -1.90. The van der Waals surface area contributed by atoms with E-state index in [1.165, 1.54) is 5.56 Å². The molecule has 0 amide bonds. The molecule has 0 radical (unpaired) electrons. The predicted octanol–water partition coefficient (Wildman–Crippen LogP) is 3.26. The van der Waals surface area contributed by atoms with Crippen molar-refractivity contribution in [1.82, 2.24) is 4.98 Å². The number of hydrogen-bond donors (Lipinski definition) is 1. The molecular formula is C13H14ClN3. The van der Waals surface area contributed by atoms with Crippen molar-refractivity contribution in [2.24, 2.45) is 5.10 Å². The number of aryl methyl sites for hydroxylation is 1. The summed E-state index contributed by atoms with van der Waals surface area (Å²) in [7, 11) is 0. The second kappa shape index (κ2) is 6.66. The molecule has 0 spiro atoms. The van der Waals surface area contributed by atoms with E-state index in [1.54, 1.807) is 18.6 Å². The number of benzene rings is 1. The molecule has 1 aromatic carbocycles. The molecule has 17 heavy (non-hydrogen) atoms. The van der Waals surface area contributed by atoms with Gasteiger partial charge in [0.05, 0.1) is 11.9 Å². The fraction of sp³-hybridized carbons (Fsp3) is 0.0769. The summed E-state index contributed by atoms with van der Waals surface area (Å²) in [6.07, 6.45) is 5.25. The fourth-order valence-electron chi connectivity index (χ4n) is 1.26. The number of pyridine rings is 1. The molecule has 0 fully saturated rings. The summed E-state index contributed by atoms with van der Waals surface area (Å²) in [5, 5.41) is 4.14. The van der Waals surface area contributed by atoms with Gasteiger partial charge in [-0.3, -0.25) is 10.4 Å². The van der Waals surface area contributed by atoms with Crippen LogP contribution in [-0.2, 0) is 0 Å². The molecule has 0 aliphatic carbocycles. The van der Waals surface area contributed by atoms with Crippen molar-refractivity contribution < 1.29 is 0 Å². The maximum atomic E-state index is 4.14. The van der Waals surface area contributed by atoms with Crippen LogP contribution in [0.25, 0.3) is 0 Å². The first-order valence-electron chi connectivity index (χ1n) is 5.10. The number of nitrogens with zero attached hydrogens (tertiary/aromatic N) is 2. The van der Waals surface area contributed by atoms with Gasteiger partial charge in [0.25, 0.3) is 0 Å². The number of anilines is 1. The van der Waals surface area contributed by atoms with Crippen molar-refractivity contribution in [3.8, 4) is 0 Å². The zero-order valence-electron chi connectivity index (χ0n) is 9.50. The van der Waals surface area contributed by atoms with Crippen molar-refractivity contribution in [3.63, 3.8) is 0 Å². The highest BCUT2D eigenvalue weighted by atomic mass is 35.5. The third-order valence-corrected chi connectivity index (χ3v) is 2.16. The van der Waals surface area contributed by atoms with Crippen molar-refractivity contribution in [1.29, 1.82) is 0 Å². The molecule has 0 saturated heterocycles. The van der Waals surface area contributed by atoms with Crippen molar-refractivity contribution >= 4 is 24.3 Å². The Morgan fingerprint density at radius 2 is 1.71 bits per heavy atom. The standard InChI is InChI=1S/C13H13N3.ClH/c1-11-2-4-13(5-3-11)16-15-10-12-6-8-14-9-7-12;/h2-10,16H,1H3;1H/b15-10+;. The van der Waals surface area contributed by atoms with E-state index in [0.717, 1.165) is 11.3 Å². The monoisotopic (exact) mass is 247 g/mol. The summed E-state index contributed by atoms with van der Waals surface area (Å²) in [5.74, 6) is 0. The second-order valence-corrected chi connectivity index (χ2v) is 3.52. The van der Waals surface area contributed by atoms with Crippen LogP contribution >= 0.6 is 12.4 Å². The molecule has 0 unspecified atom stereocenters. The Labute approximate surface area is 107 Å². The van der Waals surface area contributed by atoms with Crippen LogP contribution in [-0.4, -0.2) is 11.2 Å². The van der Waals surface area contributed by atoms with Gasteiger partial charge in [-0.1, -0.05) is 17.7 Å². The van der Waals surface area contributed by atoms with Gasteiger partial charge in [-0.25, -0.2) is 0 Å². The highest BCUT2D eigenvalue weighted by molar-refractivity contribution is 5.85. The Bertz CT molecular complexity index is 466. The first-order chi connectivity index (χ1) is 7.84. The van der Waals surface area contributed by atoms with E-state index in [2.05, 4.69) is 22.4 Å². The smallest absolute Gasteiger partial charge is 0.0561 e. The van der Waals surface area contributed by atoms with Gasteiger partial charge < -0.3 is 0 Å².